The molecule has 3 rings (SSSR count). The predicted molar refractivity (Wildman–Crippen MR) is 102 cm³/mol. The Balaban J connectivity index is 1.56. The van der Waals surface area contributed by atoms with Crippen molar-refractivity contribution >= 4 is 27.5 Å². The van der Waals surface area contributed by atoms with Crippen LogP contribution in [-0.4, -0.2) is 61.8 Å². The molecule has 1 aliphatic heterocycles. The lowest BCUT2D eigenvalue weighted by atomic mass is 10.2. The average Bonchev–Trinajstić information content (AvgIpc) is 3.14. The van der Waals surface area contributed by atoms with Crippen LogP contribution in [0.5, 0.6) is 0 Å². The molecule has 1 amide bonds. The maximum Gasteiger partial charge on any atom is 0.243 e. The standard InChI is InChI=1S/C18H26ClN3O3S/c1-14(18(23)20-16-4-2-3-5-16)21-10-12-22(13-11-21)26(24,25)17-8-6-15(19)7-9-17/h6-9,14,16H,2-5,10-13H2,1H3,(H,20,23)/t14-/m0/s1. The monoisotopic (exact) mass is 399 g/mol. The van der Waals surface area contributed by atoms with E-state index in [1.807, 2.05) is 6.92 Å². The predicted octanol–water partition coefficient (Wildman–Crippen LogP) is 2.09. The highest BCUT2D eigenvalue weighted by Crippen LogP contribution is 2.21. The van der Waals surface area contributed by atoms with Crippen LogP contribution in [0.4, 0.5) is 0 Å². The molecular formula is C18H26ClN3O3S. The fraction of sp³-hybridized carbons (Fsp3) is 0.611. The molecule has 1 aromatic rings. The van der Waals surface area contributed by atoms with Gasteiger partial charge in [0.2, 0.25) is 15.9 Å². The molecule has 1 saturated carbocycles. The molecule has 1 aliphatic carbocycles. The van der Waals surface area contributed by atoms with E-state index in [9.17, 15) is 13.2 Å². The zero-order valence-electron chi connectivity index (χ0n) is 15.0. The van der Waals surface area contributed by atoms with Crippen LogP contribution in [0.3, 0.4) is 0 Å². The summed E-state index contributed by atoms with van der Waals surface area (Å²) in [5.41, 5.74) is 0. The number of piperazine rings is 1. The lowest BCUT2D eigenvalue weighted by molar-refractivity contribution is -0.127. The van der Waals surface area contributed by atoms with Crippen molar-refractivity contribution in [2.75, 3.05) is 26.2 Å². The Morgan fingerprint density at radius 3 is 2.27 bits per heavy atom. The Labute approximate surface area is 160 Å². The highest BCUT2D eigenvalue weighted by Gasteiger charge is 2.32. The Bertz CT molecular complexity index is 725. The molecule has 1 N–H and O–H groups in total. The van der Waals surface area contributed by atoms with E-state index in [1.54, 1.807) is 12.1 Å². The van der Waals surface area contributed by atoms with E-state index in [-0.39, 0.29) is 16.8 Å². The number of hydrogen-bond acceptors (Lipinski definition) is 4. The SMILES string of the molecule is C[C@@H](C(=O)NC1CCCC1)N1CCN(S(=O)(=O)c2ccc(Cl)cc2)CC1. The molecular weight excluding hydrogens is 374 g/mol. The molecule has 1 aromatic carbocycles. The summed E-state index contributed by atoms with van der Waals surface area (Å²) in [7, 11) is -3.52. The zero-order valence-corrected chi connectivity index (χ0v) is 16.6. The van der Waals surface area contributed by atoms with Crippen LogP contribution in [0.15, 0.2) is 29.2 Å². The van der Waals surface area contributed by atoms with Crippen molar-refractivity contribution in [3.63, 3.8) is 0 Å². The third kappa shape index (κ3) is 4.39. The van der Waals surface area contributed by atoms with E-state index in [2.05, 4.69) is 10.2 Å². The number of hydrogen-bond donors (Lipinski definition) is 1. The van der Waals surface area contributed by atoms with Crippen molar-refractivity contribution in [1.82, 2.24) is 14.5 Å². The maximum atomic E-state index is 12.7. The van der Waals surface area contributed by atoms with Gasteiger partial charge in [0, 0.05) is 37.2 Å². The minimum Gasteiger partial charge on any atom is -0.352 e. The Hall–Kier alpha value is -1.15. The van der Waals surface area contributed by atoms with Crippen LogP contribution in [0.25, 0.3) is 0 Å². The number of sulfonamides is 1. The summed E-state index contributed by atoms with van der Waals surface area (Å²) in [6, 6.07) is 6.29. The highest BCUT2D eigenvalue weighted by atomic mass is 35.5. The molecule has 0 unspecified atom stereocenters. The van der Waals surface area contributed by atoms with Crippen LogP contribution in [-0.2, 0) is 14.8 Å². The minimum atomic E-state index is -3.52. The molecule has 26 heavy (non-hydrogen) atoms. The largest absolute Gasteiger partial charge is 0.352 e. The van der Waals surface area contributed by atoms with Gasteiger partial charge in [0.05, 0.1) is 10.9 Å². The quantitative estimate of drug-likeness (QED) is 0.823. The maximum absolute atomic E-state index is 12.7. The first-order chi connectivity index (χ1) is 12.4. The summed E-state index contributed by atoms with van der Waals surface area (Å²) in [6.07, 6.45) is 4.48. The van der Waals surface area contributed by atoms with E-state index in [0.29, 0.717) is 37.2 Å². The first-order valence-electron chi connectivity index (χ1n) is 9.18. The summed E-state index contributed by atoms with van der Waals surface area (Å²) in [6.45, 7) is 3.75. The lowest BCUT2D eigenvalue weighted by Crippen LogP contribution is -2.55. The van der Waals surface area contributed by atoms with Crippen molar-refractivity contribution in [1.29, 1.82) is 0 Å². The number of carbonyl (C=O) groups excluding carboxylic acids is 1. The number of benzene rings is 1. The molecule has 0 bridgehead atoms. The second-order valence-corrected chi connectivity index (χ2v) is 9.43. The number of amides is 1. The van der Waals surface area contributed by atoms with Gasteiger partial charge >= 0.3 is 0 Å². The summed E-state index contributed by atoms with van der Waals surface area (Å²) in [5, 5.41) is 3.63. The van der Waals surface area contributed by atoms with E-state index in [4.69, 9.17) is 11.6 Å². The first kappa shape index (κ1) is 19.6. The summed E-state index contributed by atoms with van der Waals surface area (Å²) in [5.74, 6) is 0.0471. The topological polar surface area (TPSA) is 69.7 Å². The number of nitrogens with one attached hydrogen (secondary N) is 1. The Morgan fingerprint density at radius 1 is 1.12 bits per heavy atom. The molecule has 6 nitrogen and oxygen atoms in total. The highest BCUT2D eigenvalue weighted by molar-refractivity contribution is 7.89. The van der Waals surface area contributed by atoms with Crippen molar-refractivity contribution in [2.24, 2.45) is 0 Å². The lowest BCUT2D eigenvalue weighted by Gasteiger charge is -2.37. The molecule has 0 spiro atoms. The molecule has 0 aromatic heterocycles. The van der Waals surface area contributed by atoms with E-state index in [0.717, 1.165) is 12.8 Å². The third-order valence-electron chi connectivity index (χ3n) is 5.35. The molecule has 2 aliphatic rings. The van der Waals surface area contributed by atoms with Crippen molar-refractivity contribution in [2.45, 2.75) is 49.6 Å². The molecule has 0 radical (unpaired) electrons. The van der Waals surface area contributed by atoms with Gasteiger partial charge in [-0.2, -0.15) is 4.31 Å². The third-order valence-corrected chi connectivity index (χ3v) is 7.52. The van der Waals surface area contributed by atoms with Crippen LogP contribution < -0.4 is 5.32 Å². The van der Waals surface area contributed by atoms with Gasteiger partial charge in [-0.25, -0.2) is 8.42 Å². The number of rotatable bonds is 5. The van der Waals surface area contributed by atoms with Crippen LogP contribution >= 0.6 is 11.6 Å². The van der Waals surface area contributed by atoms with Crippen LogP contribution in [0.2, 0.25) is 5.02 Å². The van der Waals surface area contributed by atoms with Gasteiger partial charge in [0.25, 0.3) is 0 Å². The molecule has 2 fully saturated rings. The van der Waals surface area contributed by atoms with Crippen molar-refractivity contribution in [3.8, 4) is 0 Å². The van der Waals surface area contributed by atoms with Crippen molar-refractivity contribution < 1.29 is 13.2 Å². The Morgan fingerprint density at radius 2 is 1.69 bits per heavy atom. The van der Waals surface area contributed by atoms with E-state index >= 15 is 0 Å². The minimum absolute atomic E-state index is 0.0471. The fourth-order valence-corrected chi connectivity index (χ4v) is 5.19. The molecule has 1 atom stereocenters. The number of halogens is 1. The molecule has 8 heteroatoms. The van der Waals surface area contributed by atoms with Crippen molar-refractivity contribution in [3.05, 3.63) is 29.3 Å². The van der Waals surface area contributed by atoms with Gasteiger partial charge in [0.1, 0.15) is 0 Å². The fourth-order valence-electron chi connectivity index (χ4n) is 3.64. The smallest absolute Gasteiger partial charge is 0.243 e. The average molecular weight is 400 g/mol. The summed E-state index contributed by atoms with van der Waals surface area (Å²) >= 11 is 5.84. The number of carbonyl (C=O) groups is 1. The first-order valence-corrected chi connectivity index (χ1v) is 11.0. The van der Waals surface area contributed by atoms with E-state index in [1.165, 1.54) is 29.3 Å². The van der Waals surface area contributed by atoms with Crippen LogP contribution in [0.1, 0.15) is 32.6 Å². The van der Waals surface area contributed by atoms with Gasteiger partial charge in [0.15, 0.2) is 0 Å². The van der Waals surface area contributed by atoms with Gasteiger partial charge in [-0.1, -0.05) is 24.4 Å². The van der Waals surface area contributed by atoms with Crippen LogP contribution in [0, 0.1) is 0 Å². The zero-order chi connectivity index (χ0) is 18.7. The summed E-state index contributed by atoms with van der Waals surface area (Å²) in [4.78, 5) is 14.7. The summed E-state index contributed by atoms with van der Waals surface area (Å²) < 4.78 is 26.9. The molecule has 1 saturated heterocycles. The van der Waals surface area contributed by atoms with Gasteiger partial charge in [-0.05, 0) is 44.0 Å². The molecule has 1 heterocycles. The molecule has 144 valence electrons. The van der Waals surface area contributed by atoms with Gasteiger partial charge in [-0.3, -0.25) is 9.69 Å². The van der Waals surface area contributed by atoms with Gasteiger partial charge < -0.3 is 5.32 Å². The number of nitrogens with zero attached hydrogens (tertiary/aromatic N) is 2. The van der Waals surface area contributed by atoms with Gasteiger partial charge in [-0.15, -0.1) is 0 Å². The Kier molecular flexibility index (Phi) is 6.22. The normalized spacial score (nSPS) is 21.6. The second-order valence-electron chi connectivity index (χ2n) is 7.06. The second kappa shape index (κ2) is 8.25. The van der Waals surface area contributed by atoms with E-state index < -0.39 is 10.0 Å².